The number of carbonyl (C=O) groups excluding carboxylic acids is 3. The molecule has 1 aliphatic carbocycles. The van der Waals surface area contributed by atoms with Gasteiger partial charge in [-0.05, 0) is 52.7 Å². The van der Waals surface area contributed by atoms with Crippen LogP contribution < -0.4 is 10.1 Å². The van der Waals surface area contributed by atoms with Gasteiger partial charge in [0.15, 0.2) is 23.0 Å². The molecule has 1 aromatic carbocycles. The number of aryl methyl sites for hydroxylation is 1. The van der Waals surface area contributed by atoms with E-state index in [0.29, 0.717) is 12.2 Å². The summed E-state index contributed by atoms with van der Waals surface area (Å²) in [5, 5.41) is 33.0. The summed E-state index contributed by atoms with van der Waals surface area (Å²) in [6.45, 7) is 6.50. The first-order valence-electron chi connectivity index (χ1n) is 12.9. The van der Waals surface area contributed by atoms with Crippen molar-refractivity contribution in [3.63, 3.8) is 0 Å². The van der Waals surface area contributed by atoms with Gasteiger partial charge < -0.3 is 20.3 Å². The van der Waals surface area contributed by atoms with Gasteiger partial charge in [-0.3, -0.25) is 18.8 Å². The zero-order valence-electron chi connectivity index (χ0n) is 22.3. The van der Waals surface area contributed by atoms with E-state index in [2.05, 4.69) is 15.5 Å². The smallest absolute Gasteiger partial charge is 0.194 e. The average Bonchev–Trinajstić information content (AvgIpc) is 3.44. The molecule has 3 aromatic rings. The topological polar surface area (TPSA) is 143 Å². The molecule has 2 aliphatic rings. The lowest BCUT2D eigenvalue weighted by molar-refractivity contribution is -0.123. The number of hydrogen-bond donors (Lipinski definition) is 3. The number of ether oxygens (including phenoxy) is 1. The first-order chi connectivity index (χ1) is 18.6. The molecule has 202 valence electrons. The Kier molecular flexibility index (Phi) is 6.49. The fourth-order valence-electron chi connectivity index (χ4n) is 5.37. The lowest BCUT2D eigenvalue weighted by atomic mass is 9.70. The second kappa shape index (κ2) is 9.68. The molecule has 10 heteroatoms. The molecule has 1 aliphatic heterocycles. The van der Waals surface area contributed by atoms with Crippen molar-refractivity contribution in [3.8, 4) is 17.2 Å². The number of rotatable bonds is 8. The molecule has 0 radical (unpaired) electrons. The van der Waals surface area contributed by atoms with E-state index in [4.69, 9.17) is 4.74 Å². The highest BCUT2D eigenvalue weighted by Crippen LogP contribution is 2.57. The van der Waals surface area contributed by atoms with E-state index < -0.39 is 28.5 Å². The summed E-state index contributed by atoms with van der Waals surface area (Å²) in [6.07, 6.45) is 6.59. The third-order valence-corrected chi connectivity index (χ3v) is 7.61. The third kappa shape index (κ3) is 4.07. The SMILES string of the molecule is CC(=O)c1c(O)c(C)c(O)c2c1OC1=CC(=O)/C(=C(/C)NCCCCCc3nnc4ccccn34)C(=O)[C@@]12C. The zero-order valence-corrected chi connectivity index (χ0v) is 22.3. The molecule has 0 saturated heterocycles. The number of unbranched alkanes of at least 4 members (excludes halogenated alkanes) is 2. The van der Waals surface area contributed by atoms with Crippen LogP contribution in [-0.2, 0) is 21.4 Å². The Hall–Kier alpha value is -4.47. The van der Waals surface area contributed by atoms with Gasteiger partial charge in [-0.1, -0.05) is 12.5 Å². The molecule has 5 rings (SSSR count). The summed E-state index contributed by atoms with van der Waals surface area (Å²) in [7, 11) is 0. The molecule has 0 spiro atoms. The molecule has 3 heterocycles. The van der Waals surface area contributed by atoms with Crippen LogP contribution in [0.3, 0.4) is 0 Å². The quantitative estimate of drug-likeness (QED) is 0.172. The summed E-state index contributed by atoms with van der Waals surface area (Å²) < 4.78 is 7.77. The van der Waals surface area contributed by atoms with E-state index in [0.717, 1.165) is 37.2 Å². The Bertz CT molecular complexity index is 1620. The molecular formula is C29H30N4O6. The average molecular weight is 531 g/mol. The number of pyridine rings is 1. The first-order valence-corrected chi connectivity index (χ1v) is 12.9. The Morgan fingerprint density at radius 3 is 2.62 bits per heavy atom. The number of hydrogen-bond acceptors (Lipinski definition) is 9. The molecule has 39 heavy (non-hydrogen) atoms. The van der Waals surface area contributed by atoms with E-state index in [1.54, 1.807) is 13.8 Å². The van der Waals surface area contributed by atoms with Crippen molar-refractivity contribution in [3.05, 3.63) is 70.0 Å². The number of Topliss-reactive ketones (excluding diaryl/α,β-unsaturated/α-hetero) is 2. The number of phenolic OH excluding ortho intramolecular Hbond substituents is 2. The van der Waals surface area contributed by atoms with Crippen molar-refractivity contribution in [2.75, 3.05) is 6.54 Å². The van der Waals surface area contributed by atoms with Gasteiger partial charge in [0.2, 0.25) is 0 Å². The van der Waals surface area contributed by atoms with E-state index in [1.807, 2.05) is 28.8 Å². The number of nitrogens with zero attached hydrogens (tertiary/aromatic N) is 3. The van der Waals surface area contributed by atoms with Crippen LogP contribution in [0.15, 0.2) is 47.5 Å². The van der Waals surface area contributed by atoms with Crippen LogP contribution in [0.4, 0.5) is 0 Å². The van der Waals surface area contributed by atoms with Crippen LogP contribution in [0.1, 0.15) is 67.3 Å². The molecule has 2 aromatic heterocycles. The summed E-state index contributed by atoms with van der Waals surface area (Å²) in [5.41, 5.74) is -0.279. The van der Waals surface area contributed by atoms with Gasteiger partial charge in [0, 0.05) is 36.5 Å². The molecule has 0 fully saturated rings. The molecule has 10 nitrogen and oxygen atoms in total. The van der Waals surface area contributed by atoms with E-state index in [9.17, 15) is 24.6 Å². The molecule has 0 amide bonds. The highest BCUT2D eigenvalue weighted by Gasteiger charge is 2.56. The third-order valence-electron chi connectivity index (χ3n) is 7.61. The van der Waals surface area contributed by atoms with Crippen LogP contribution in [0.2, 0.25) is 0 Å². The number of nitrogens with one attached hydrogen (secondary N) is 1. The van der Waals surface area contributed by atoms with Crippen LogP contribution in [0.25, 0.3) is 5.65 Å². The van der Waals surface area contributed by atoms with Crippen LogP contribution in [-0.4, -0.2) is 48.7 Å². The molecular weight excluding hydrogens is 500 g/mol. The van der Waals surface area contributed by atoms with Gasteiger partial charge in [-0.15, -0.1) is 10.2 Å². The van der Waals surface area contributed by atoms with Crippen molar-refractivity contribution in [1.29, 1.82) is 0 Å². The van der Waals surface area contributed by atoms with Crippen molar-refractivity contribution < 1.29 is 29.3 Å². The number of ketones is 3. The number of phenols is 2. The second-order valence-electron chi connectivity index (χ2n) is 10.2. The minimum atomic E-state index is -1.52. The minimum absolute atomic E-state index is 0.0212. The largest absolute Gasteiger partial charge is 0.507 e. The van der Waals surface area contributed by atoms with Crippen molar-refractivity contribution >= 4 is 23.0 Å². The summed E-state index contributed by atoms with van der Waals surface area (Å²) in [6, 6.07) is 5.77. The molecule has 3 N–H and O–H groups in total. The maximum Gasteiger partial charge on any atom is 0.194 e. The maximum absolute atomic E-state index is 13.8. The number of carbonyl (C=O) groups is 3. The number of aromatic nitrogens is 3. The van der Waals surface area contributed by atoms with Crippen LogP contribution >= 0.6 is 0 Å². The lowest BCUT2D eigenvalue weighted by Crippen LogP contribution is -2.41. The highest BCUT2D eigenvalue weighted by molar-refractivity contribution is 6.31. The van der Waals surface area contributed by atoms with E-state index in [-0.39, 0.29) is 39.5 Å². The predicted molar refractivity (Wildman–Crippen MR) is 142 cm³/mol. The van der Waals surface area contributed by atoms with E-state index >= 15 is 0 Å². The van der Waals surface area contributed by atoms with Crippen molar-refractivity contribution in [2.45, 2.75) is 58.8 Å². The first kappa shape index (κ1) is 26.1. The summed E-state index contributed by atoms with van der Waals surface area (Å²) >= 11 is 0. The fourth-order valence-corrected chi connectivity index (χ4v) is 5.37. The minimum Gasteiger partial charge on any atom is -0.507 e. The summed E-state index contributed by atoms with van der Waals surface area (Å²) in [4.78, 5) is 39.2. The van der Waals surface area contributed by atoms with Crippen molar-refractivity contribution in [2.24, 2.45) is 0 Å². The van der Waals surface area contributed by atoms with Gasteiger partial charge in [-0.25, -0.2) is 0 Å². The number of aromatic hydroxyl groups is 2. The van der Waals surface area contributed by atoms with Crippen LogP contribution in [0, 0.1) is 6.92 Å². The Labute approximate surface area is 225 Å². The second-order valence-corrected chi connectivity index (χ2v) is 10.2. The molecule has 0 saturated carbocycles. The Morgan fingerprint density at radius 1 is 1.10 bits per heavy atom. The van der Waals surface area contributed by atoms with Crippen LogP contribution in [0.5, 0.6) is 17.2 Å². The van der Waals surface area contributed by atoms with Crippen molar-refractivity contribution in [1.82, 2.24) is 19.9 Å². The van der Waals surface area contributed by atoms with Gasteiger partial charge in [0.1, 0.15) is 39.8 Å². The Balaban J connectivity index is 1.31. The normalized spacial score (nSPS) is 19.4. The van der Waals surface area contributed by atoms with Gasteiger partial charge in [0.25, 0.3) is 0 Å². The number of allylic oxidation sites excluding steroid dienone is 4. The van der Waals surface area contributed by atoms with Gasteiger partial charge in [-0.2, -0.15) is 0 Å². The monoisotopic (exact) mass is 530 g/mol. The highest BCUT2D eigenvalue weighted by atomic mass is 16.5. The van der Waals surface area contributed by atoms with Gasteiger partial charge >= 0.3 is 0 Å². The lowest BCUT2D eigenvalue weighted by Gasteiger charge is -2.29. The zero-order chi connectivity index (χ0) is 28.1. The number of fused-ring (bicyclic) bond motifs is 4. The number of benzene rings is 1. The maximum atomic E-state index is 13.8. The van der Waals surface area contributed by atoms with Gasteiger partial charge in [0.05, 0.1) is 11.1 Å². The predicted octanol–water partition coefficient (Wildman–Crippen LogP) is 3.61. The summed E-state index contributed by atoms with van der Waals surface area (Å²) in [5.74, 6) is -1.46. The Morgan fingerprint density at radius 2 is 1.87 bits per heavy atom. The molecule has 0 unspecified atom stereocenters. The fraction of sp³-hybridized carbons (Fsp3) is 0.345. The van der Waals surface area contributed by atoms with E-state index in [1.165, 1.54) is 19.9 Å². The molecule has 0 bridgehead atoms. The molecule has 1 atom stereocenters. The standard InChI is InChI=1S/C29H30N4O6/c1-15-25(36)23(17(3)34)27-24(26(15)37)29(4)19(39-27)14-18(35)22(28(29)38)16(2)30-12-8-5-6-10-20-31-32-21-11-7-9-13-33(20)21/h7,9,11,13-14,30,36-37H,5-6,8,10,12H2,1-4H3/b22-16+/t29-/m0/s1.